The molecule has 10 heteroatoms. The average Bonchev–Trinajstić information content (AvgIpc) is 3.00. The van der Waals surface area contributed by atoms with Gasteiger partial charge in [0.25, 0.3) is 0 Å². The maximum Gasteiger partial charge on any atom is 0.397 e. The van der Waals surface area contributed by atoms with Crippen molar-refractivity contribution in [3.8, 4) is 5.82 Å². The van der Waals surface area contributed by atoms with E-state index < -0.39 is 18.5 Å². The highest BCUT2D eigenvalue weighted by molar-refractivity contribution is 5.77. The third-order valence-corrected chi connectivity index (χ3v) is 3.90. The van der Waals surface area contributed by atoms with Crippen LogP contribution in [0.4, 0.5) is 19.0 Å². The van der Waals surface area contributed by atoms with Gasteiger partial charge < -0.3 is 9.80 Å². The number of amides is 1. The molecule has 0 N–H and O–H groups in total. The summed E-state index contributed by atoms with van der Waals surface area (Å²) in [5, 5.41) is 12.5. The van der Waals surface area contributed by atoms with E-state index in [1.165, 1.54) is 4.90 Å². The lowest BCUT2D eigenvalue weighted by molar-refractivity contribution is -0.161. The molecule has 1 saturated heterocycles. The summed E-state index contributed by atoms with van der Waals surface area (Å²) in [6, 6.07) is 5.41. The van der Waals surface area contributed by atoms with Crippen molar-refractivity contribution in [3.05, 3.63) is 30.1 Å². The number of aromatic nitrogens is 4. The molecule has 134 valence electrons. The van der Waals surface area contributed by atoms with Crippen LogP contribution in [0.1, 0.15) is 12.1 Å². The standard InChI is InChI=1S/C15H17F3N6O/c1-11-4-5-24(21-11)13-3-2-12(19-20-13)22-6-8-23(9-7-22)14(25)10-15(16,17)18/h2-5H,6-10H2,1H3. The summed E-state index contributed by atoms with van der Waals surface area (Å²) >= 11 is 0. The van der Waals surface area contributed by atoms with Gasteiger partial charge >= 0.3 is 6.18 Å². The summed E-state index contributed by atoms with van der Waals surface area (Å²) in [6.45, 7) is 3.17. The lowest BCUT2D eigenvalue weighted by Gasteiger charge is -2.35. The highest BCUT2D eigenvalue weighted by Crippen LogP contribution is 2.22. The number of carbonyl (C=O) groups is 1. The predicted octanol–water partition coefficient (Wildman–Crippen LogP) is 1.57. The fourth-order valence-electron chi connectivity index (χ4n) is 2.62. The molecular formula is C15H17F3N6O. The number of alkyl halides is 3. The summed E-state index contributed by atoms with van der Waals surface area (Å²) in [7, 11) is 0. The number of carbonyl (C=O) groups excluding carboxylic acids is 1. The van der Waals surface area contributed by atoms with Crippen molar-refractivity contribution < 1.29 is 18.0 Å². The van der Waals surface area contributed by atoms with Gasteiger partial charge in [-0.05, 0) is 25.1 Å². The molecule has 1 aliphatic rings. The van der Waals surface area contributed by atoms with Crippen molar-refractivity contribution >= 4 is 11.7 Å². The van der Waals surface area contributed by atoms with E-state index in [4.69, 9.17) is 0 Å². The van der Waals surface area contributed by atoms with E-state index in [0.29, 0.717) is 24.7 Å². The Balaban J connectivity index is 1.59. The zero-order chi connectivity index (χ0) is 18.0. The number of halogens is 3. The molecule has 3 heterocycles. The van der Waals surface area contributed by atoms with Gasteiger partial charge in [-0.1, -0.05) is 0 Å². The van der Waals surface area contributed by atoms with Crippen LogP contribution in [0.2, 0.25) is 0 Å². The van der Waals surface area contributed by atoms with Crippen LogP contribution >= 0.6 is 0 Å². The highest BCUT2D eigenvalue weighted by Gasteiger charge is 2.34. The van der Waals surface area contributed by atoms with Gasteiger partial charge in [-0.15, -0.1) is 10.2 Å². The molecule has 1 amide bonds. The number of aryl methyl sites for hydroxylation is 1. The summed E-state index contributed by atoms with van der Waals surface area (Å²) in [6.07, 6.45) is -4.10. The summed E-state index contributed by atoms with van der Waals surface area (Å²) in [5.74, 6) is 0.314. The van der Waals surface area contributed by atoms with Crippen molar-refractivity contribution in [1.29, 1.82) is 0 Å². The molecule has 7 nitrogen and oxygen atoms in total. The minimum Gasteiger partial charge on any atom is -0.352 e. The maximum absolute atomic E-state index is 12.3. The van der Waals surface area contributed by atoms with Crippen LogP contribution in [-0.2, 0) is 4.79 Å². The number of hydrogen-bond donors (Lipinski definition) is 0. The first kappa shape index (κ1) is 17.2. The molecule has 0 bridgehead atoms. The molecule has 0 aliphatic carbocycles. The van der Waals surface area contributed by atoms with Gasteiger partial charge in [0, 0.05) is 32.4 Å². The molecule has 3 rings (SSSR count). The van der Waals surface area contributed by atoms with Gasteiger partial charge in [0.05, 0.1) is 5.69 Å². The Bertz CT molecular complexity index is 734. The van der Waals surface area contributed by atoms with E-state index in [9.17, 15) is 18.0 Å². The van der Waals surface area contributed by atoms with Crippen LogP contribution in [0.3, 0.4) is 0 Å². The summed E-state index contributed by atoms with van der Waals surface area (Å²) < 4.78 is 38.5. The Kier molecular flexibility index (Phi) is 4.60. The zero-order valence-electron chi connectivity index (χ0n) is 13.6. The lowest BCUT2D eigenvalue weighted by atomic mass is 10.2. The number of anilines is 1. The van der Waals surface area contributed by atoms with Crippen molar-refractivity contribution in [2.45, 2.75) is 19.5 Å². The highest BCUT2D eigenvalue weighted by atomic mass is 19.4. The monoisotopic (exact) mass is 354 g/mol. The minimum absolute atomic E-state index is 0.233. The molecule has 0 radical (unpaired) electrons. The molecule has 2 aromatic rings. The topological polar surface area (TPSA) is 67.2 Å². The van der Waals surface area contributed by atoms with Crippen LogP contribution in [0, 0.1) is 6.92 Å². The van der Waals surface area contributed by atoms with Crippen LogP contribution in [0.5, 0.6) is 0 Å². The Labute approximate surface area is 142 Å². The molecule has 25 heavy (non-hydrogen) atoms. The molecule has 1 aliphatic heterocycles. The molecule has 0 unspecified atom stereocenters. The smallest absolute Gasteiger partial charge is 0.352 e. The van der Waals surface area contributed by atoms with Crippen molar-refractivity contribution in [1.82, 2.24) is 24.9 Å². The normalized spacial score (nSPS) is 15.5. The first-order valence-corrected chi connectivity index (χ1v) is 7.78. The van der Waals surface area contributed by atoms with Crippen LogP contribution < -0.4 is 4.90 Å². The van der Waals surface area contributed by atoms with Gasteiger partial charge in [-0.3, -0.25) is 4.79 Å². The minimum atomic E-state index is -4.47. The molecule has 0 atom stereocenters. The Hall–Kier alpha value is -2.65. The van der Waals surface area contributed by atoms with Crippen molar-refractivity contribution in [3.63, 3.8) is 0 Å². The summed E-state index contributed by atoms with van der Waals surface area (Å²) in [5.41, 5.74) is 0.866. The van der Waals surface area contributed by atoms with E-state index >= 15 is 0 Å². The van der Waals surface area contributed by atoms with Gasteiger partial charge in [0.15, 0.2) is 11.6 Å². The van der Waals surface area contributed by atoms with Gasteiger partial charge in [0.2, 0.25) is 5.91 Å². The number of rotatable bonds is 3. The van der Waals surface area contributed by atoms with E-state index in [-0.39, 0.29) is 13.1 Å². The van der Waals surface area contributed by atoms with Gasteiger partial charge in [-0.2, -0.15) is 18.3 Å². The number of nitrogens with zero attached hydrogens (tertiary/aromatic N) is 6. The average molecular weight is 354 g/mol. The molecule has 1 fully saturated rings. The first-order valence-electron chi connectivity index (χ1n) is 7.78. The second-order valence-corrected chi connectivity index (χ2v) is 5.81. The molecule has 2 aromatic heterocycles. The third-order valence-electron chi connectivity index (χ3n) is 3.90. The van der Waals surface area contributed by atoms with Crippen molar-refractivity contribution in [2.75, 3.05) is 31.1 Å². The van der Waals surface area contributed by atoms with Crippen LogP contribution in [0.25, 0.3) is 5.82 Å². The fourth-order valence-corrected chi connectivity index (χ4v) is 2.62. The summed E-state index contributed by atoms with van der Waals surface area (Å²) in [4.78, 5) is 14.7. The van der Waals surface area contributed by atoms with E-state index in [1.54, 1.807) is 23.0 Å². The van der Waals surface area contributed by atoms with Crippen LogP contribution in [-0.4, -0.2) is 63.1 Å². The largest absolute Gasteiger partial charge is 0.397 e. The third kappa shape index (κ3) is 4.25. The Morgan fingerprint density at radius 1 is 1.08 bits per heavy atom. The predicted molar refractivity (Wildman–Crippen MR) is 83.4 cm³/mol. The SMILES string of the molecule is Cc1ccn(-c2ccc(N3CCN(C(=O)CC(F)(F)F)CC3)nn2)n1. The zero-order valence-corrected chi connectivity index (χ0v) is 13.6. The molecule has 0 aromatic carbocycles. The quantitative estimate of drug-likeness (QED) is 0.837. The van der Waals surface area contributed by atoms with E-state index in [2.05, 4.69) is 15.3 Å². The van der Waals surface area contributed by atoms with Gasteiger partial charge in [-0.25, -0.2) is 4.68 Å². The molecular weight excluding hydrogens is 337 g/mol. The van der Waals surface area contributed by atoms with Gasteiger partial charge in [0.1, 0.15) is 6.42 Å². The number of piperazine rings is 1. The second kappa shape index (κ2) is 6.69. The Morgan fingerprint density at radius 2 is 1.72 bits per heavy atom. The molecule has 0 saturated carbocycles. The Morgan fingerprint density at radius 3 is 2.24 bits per heavy atom. The van der Waals surface area contributed by atoms with Crippen molar-refractivity contribution in [2.24, 2.45) is 0 Å². The van der Waals surface area contributed by atoms with E-state index in [1.807, 2.05) is 17.9 Å². The molecule has 0 spiro atoms. The van der Waals surface area contributed by atoms with Crippen LogP contribution in [0.15, 0.2) is 24.4 Å². The second-order valence-electron chi connectivity index (χ2n) is 5.81. The first-order chi connectivity index (χ1) is 11.8. The maximum atomic E-state index is 12.3. The van der Waals surface area contributed by atoms with E-state index in [0.717, 1.165) is 5.69 Å². The lowest BCUT2D eigenvalue weighted by Crippen LogP contribution is -2.49. The fraction of sp³-hybridized carbons (Fsp3) is 0.467. The number of hydrogen-bond acceptors (Lipinski definition) is 5.